The van der Waals surface area contributed by atoms with Crippen LogP contribution in [0.5, 0.6) is 0 Å². The number of aryl methyl sites for hydroxylation is 16. The number of halogens is 4. The molecule has 0 amide bonds. The molecular formula is C73H82F4N5+5. The summed E-state index contributed by atoms with van der Waals surface area (Å²) in [7, 11) is 9.45. The third-order valence-electron chi connectivity index (χ3n) is 14.6. The maximum Gasteiger partial charge on any atom is 0.248 e. The number of hydrogen-bond donors (Lipinski definition) is 0. The number of hydrogen-bond acceptors (Lipinski definition) is 0. The second-order valence-electron chi connectivity index (χ2n) is 21.8. The monoisotopic (exact) mass is 1110 g/mol. The Morgan fingerprint density at radius 2 is 0.768 bits per heavy atom. The highest BCUT2D eigenvalue weighted by atomic mass is 19.1. The predicted octanol–water partition coefficient (Wildman–Crippen LogP) is 15.5. The normalized spacial score (nSPS) is 10.7. The summed E-state index contributed by atoms with van der Waals surface area (Å²) < 4.78 is 73.3. The summed E-state index contributed by atoms with van der Waals surface area (Å²) in [5.41, 5.74) is 22.8. The smallest absolute Gasteiger partial charge is 0.201 e. The Bertz CT molecular complexity index is 3830. The van der Waals surface area contributed by atoms with Crippen LogP contribution in [0.2, 0.25) is 0 Å². The second kappa shape index (κ2) is 27.8. The fourth-order valence-corrected chi connectivity index (χ4v) is 10.2. The van der Waals surface area contributed by atoms with Gasteiger partial charge in [-0.25, -0.2) is 4.57 Å². The Morgan fingerprint density at radius 3 is 1.26 bits per heavy atom. The van der Waals surface area contributed by atoms with Crippen molar-refractivity contribution >= 4 is 0 Å². The average Bonchev–Trinajstić information content (AvgIpc) is 3.49. The van der Waals surface area contributed by atoms with Crippen LogP contribution >= 0.6 is 0 Å². The molecule has 5 aromatic heterocycles. The molecular weight excluding hydrogens is 1020 g/mol. The van der Waals surface area contributed by atoms with Gasteiger partial charge in [0.1, 0.15) is 36.6 Å². The number of rotatable bonds is 5. The second-order valence-corrected chi connectivity index (χ2v) is 21.8. The van der Waals surface area contributed by atoms with E-state index >= 15 is 0 Å². The van der Waals surface area contributed by atoms with Crippen molar-refractivity contribution in [1.82, 2.24) is 0 Å². The molecule has 0 aliphatic carbocycles. The van der Waals surface area contributed by atoms with Crippen molar-refractivity contribution in [2.24, 2.45) is 35.2 Å². The zero-order valence-electron chi connectivity index (χ0n) is 52.3. The number of aromatic nitrogens is 5. The number of nitrogens with zero attached hydrogens (tertiary/aromatic N) is 5. The van der Waals surface area contributed by atoms with Gasteiger partial charge < -0.3 is 0 Å². The predicted molar refractivity (Wildman–Crippen MR) is 327 cm³/mol. The molecule has 10 rings (SSSR count). The topological polar surface area (TPSA) is 19.4 Å². The molecule has 422 valence electrons. The van der Waals surface area contributed by atoms with Gasteiger partial charge in [0.15, 0.2) is 53.7 Å². The molecule has 0 aliphatic rings. The molecule has 5 heterocycles. The van der Waals surface area contributed by atoms with Crippen LogP contribution in [0, 0.1) is 113 Å². The highest BCUT2D eigenvalue weighted by Gasteiger charge is 2.23. The third kappa shape index (κ3) is 15.5. The van der Waals surface area contributed by atoms with E-state index < -0.39 is 0 Å². The Hall–Kier alpha value is -8.43. The van der Waals surface area contributed by atoms with Gasteiger partial charge in [0.05, 0.1) is 22.3 Å². The molecule has 0 unspecified atom stereocenters. The van der Waals surface area contributed by atoms with Crippen LogP contribution in [0.4, 0.5) is 17.6 Å². The molecule has 0 spiro atoms. The quantitative estimate of drug-likeness (QED) is 0.121. The maximum absolute atomic E-state index is 14.2. The van der Waals surface area contributed by atoms with Crippen molar-refractivity contribution in [2.75, 3.05) is 0 Å². The Morgan fingerprint density at radius 1 is 0.317 bits per heavy atom. The summed E-state index contributed by atoms with van der Waals surface area (Å²) in [6, 6.07) is 46.6. The van der Waals surface area contributed by atoms with Gasteiger partial charge in [0.25, 0.3) is 0 Å². The molecule has 0 saturated heterocycles. The van der Waals surface area contributed by atoms with E-state index in [2.05, 4.69) is 49.4 Å². The summed E-state index contributed by atoms with van der Waals surface area (Å²) in [4.78, 5) is 0. The summed E-state index contributed by atoms with van der Waals surface area (Å²) in [6.45, 7) is 26.0. The Kier molecular flexibility index (Phi) is 20.8. The lowest BCUT2D eigenvalue weighted by Gasteiger charge is -2.07. The molecule has 5 nitrogen and oxygen atoms in total. The Labute approximate surface area is 487 Å². The lowest BCUT2D eigenvalue weighted by atomic mass is 10.0. The molecule has 0 aliphatic heterocycles. The first-order valence-corrected chi connectivity index (χ1v) is 27.6. The van der Waals surface area contributed by atoms with Gasteiger partial charge >= 0.3 is 0 Å². The largest absolute Gasteiger partial charge is 0.248 e. The minimum Gasteiger partial charge on any atom is -0.201 e. The Balaban J connectivity index is 0.000000167. The maximum atomic E-state index is 14.2. The summed E-state index contributed by atoms with van der Waals surface area (Å²) in [5.74, 6) is -0.664. The van der Waals surface area contributed by atoms with E-state index in [0.717, 1.165) is 67.0 Å². The highest BCUT2D eigenvalue weighted by Crippen LogP contribution is 2.28. The molecule has 0 atom stereocenters. The zero-order chi connectivity index (χ0) is 61.1. The van der Waals surface area contributed by atoms with Crippen molar-refractivity contribution < 1.29 is 41.8 Å². The van der Waals surface area contributed by atoms with E-state index in [1.165, 1.54) is 45.5 Å². The minimum atomic E-state index is -0.183. The molecule has 0 radical (unpaired) electrons. The molecule has 82 heavy (non-hydrogen) atoms. The molecule has 5 aromatic carbocycles. The van der Waals surface area contributed by atoms with Gasteiger partial charge in [0.2, 0.25) is 28.5 Å². The van der Waals surface area contributed by atoms with Crippen molar-refractivity contribution in [3.8, 4) is 56.3 Å². The van der Waals surface area contributed by atoms with Gasteiger partial charge in [-0.3, -0.25) is 0 Å². The average molecular weight is 1110 g/mol. The highest BCUT2D eigenvalue weighted by molar-refractivity contribution is 5.65. The van der Waals surface area contributed by atoms with Crippen molar-refractivity contribution in [3.05, 3.63) is 266 Å². The SMILES string of the molecule is Cc1ccc(-c2c(F)c(C)cc[n+]2C)c(C)c1.Cc1ccc(-c2c(F)cc(C)c[n+]2C)c(C)c1.Cc1ccc(-c2c(F)ccc(C)[n+]2C)c(C)c1.Cc1ccc(-c2c(F)ccc[n+]2C)c(C)c1.[2H]c1c(C)ccc(-c2ccccc2C)[n+]1C. The van der Waals surface area contributed by atoms with Crippen LogP contribution in [-0.4, -0.2) is 0 Å². The van der Waals surface area contributed by atoms with Gasteiger partial charge in [-0.15, -0.1) is 0 Å². The number of pyridine rings is 5. The van der Waals surface area contributed by atoms with E-state index in [-0.39, 0.29) is 23.3 Å². The van der Waals surface area contributed by atoms with Crippen molar-refractivity contribution in [2.45, 2.75) is 90.0 Å². The van der Waals surface area contributed by atoms with Gasteiger partial charge in [-0.1, -0.05) is 89.0 Å². The van der Waals surface area contributed by atoms with Crippen LogP contribution in [0.15, 0.2) is 170 Å². The van der Waals surface area contributed by atoms with Crippen LogP contribution < -0.4 is 22.8 Å². The summed E-state index contributed by atoms with van der Waals surface area (Å²) in [5, 5.41) is 0. The lowest BCUT2D eigenvalue weighted by Crippen LogP contribution is -2.35. The lowest BCUT2D eigenvalue weighted by molar-refractivity contribution is -0.668. The molecule has 0 saturated carbocycles. The van der Waals surface area contributed by atoms with Crippen molar-refractivity contribution in [3.63, 3.8) is 0 Å². The van der Waals surface area contributed by atoms with Gasteiger partial charge in [-0.2, -0.15) is 35.8 Å². The minimum absolute atomic E-state index is 0.137. The first-order chi connectivity index (χ1) is 39.2. The fraction of sp³-hybridized carbons (Fsp3) is 0.247. The van der Waals surface area contributed by atoms with Crippen molar-refractivity contribution in [1.29, 1.82) is 0 Å². The van der Waals surface area contributed by atoms with Crippen LogP contribution in [-0.2, 0) is 35.2 Å². The fourth-order valence-electron chi connectivity index (χ4n) is 10.2. The molecule has 9 heteroatoms. The van der Waals surface area contributed by atoms with E-state index in [9.17, 15) is 17.6 Å². The van der Waals surface area contributed by atoms with E-state index in [1.54, 1.807) is 31.2 Å². The molecule has 10 aromatic rings. The molecule has 0 N–H and O–H groups in total. The number of benzene rings is 5. The zero-order valence-corrected chi connectivity index (χ0v) is 51.3. The summed E-state index contributed by atoms with van der Waals surface area (Å²) >= 11 is 0. The van der Waals surface area contributed by atoms with Gasteiger partial charge in [-0.05, 0) is 171 Å². The van der Waals surface area contributed by atoms with Crippen LogP contribution in [0.3, 0.4) is 0 Å². The van der Waals surface area contributed by atoms with Crippen LogP contribution in [0.1, 0.15) is 73.8 Å². The van der Waals surface area contributed by atoms with E-state index in [4.69, 9.17) is 1.37 Å². The van der Waals surface area contributed by atoms with Crippen LogP contribution in [0.25, 0.3) is 56.3 Å². The molecule has 0 bridgehead atoms. The van der Waals surface area contributed by atoms with E-state index in [0.29, 0.717) is 34.5 Å². The molecule has 0 fully saturated rings. The standard InChI is InChI=1S/3C15H17FN.C14H15FN.C14H16N/c1-10-5-7-13(11(2)9-10)15-14(16)8-6-12(3)17(15)4;1-10-5-6-13(12(3)7-10)15-14(16)8-11(2)9-17(15)4;1-10-5-6-13(12(3)9-10)15-14(16)11(2)7-8-17(15)4;1-10-6-7-12(11(2)9-10)14-13(15)5-4-8-16(14)3;1-11-8-9-14(15(3)10-11)13-7-5-4-6-12(13)2/h3*5-9H,1-4H3;4-9H,1-3H3;4-10H,1-3H3/q5*+1/i;;;;10D. The first kappa shape index (κ1) is 61.2. The third-order valence-corrected chi connectivity index (χ3v) is 14.6. The first-order valence-electron chi connectivity index (χ1n) is 28.1. The van der Waals surface area contributed by atoms with E-state index in [1.807, 2.05) is 220 Å². The summed E-state index contributed by atoms with van der Waals surface area (Å²) in [6.07, 6.45) is 6.27. The van der Waals surface area contributed by atoms with Gasteiger partial charge in [0, 0.05) is 47.9 Å².